The van der Waals surface area contributed by atoms with Gasteiger partial charge in [0.2, 0.25) is 5.91 Å². The van der Waals surface area contributed by atoms with Gasteiger partial charge in [0.25, 0.3) is 0 Å². The quantitative estimate of drug-likeness (QED) is 0.767. The summed E-state index contributed by atoms with van der Waals surface area (Å²) in [5, 5.41) is 16.3. The summed E-state index contributed by atoms with van der Waals surface area (Å²) in [5.74, 6) is 1.71. The molecular weight excluding hydrogens is 324 g/mol. The van der Waals surface area contributed by atoms with Crippen molar-refractivity contribution in [3.8, 4) is 0 Å². The number of aliphatic hydroxyl groups excluding tert-OH is 1. The Hall–Kier alpha value is -1.79. The van der Waals surface area contributed by atoms with Crippen molar-refractivity contribution in [2.45, 2.75) is 39.0 Å². The Morgan fingerprint density at radius 3 is 2.58 bits per heavy atom. The lowest BCUT2D eigenvalue weighted by atomic mass is 10.0. The maximum absolute atomic E-state index is 12.1. The number of aliphatic hydroxyl groups is 1. The van der Waals surface area contributed by atoms with Crippen LogP contribution >= 0.6 is 11.8 Å². The van der Waals surface area contributed by atoms with Gasteiger partial charge >= 0.3 is 0 Å². The number of carbonyl (C=O) groups excluding carboxylic acids is 1. The first-order valence-electron chi connectivity index (χ1n) is 8.03. The van der Waals surface area contributed by atoms with E-state index in [9.17, 15) is 9.90 Å². The minimum Gasteiger partial charge on any atom is -0.394 e. The number of aryl methyl sites for hydroxylation is 3. The molecule has 2 rings (SSSR count). The van der Waals surface area contributed by atoms with Gasteiger partial charge in [0, 0.05) is 11.3 Å². The molecule has 0 spiro atoms. The van der Waals surface area contributed by atoms with E-state index in [1.165, 1.54) is 17.3 Å². The lowest BCUT2D eigenvalue weighted by Crippen LogP contribution is -2.32. The summed E-state index contributed by atoms with van der Waals surface area (Å²) in [5.41, 5.74) is 4.06. The second-order valence-electron chi connectivity index (χ2n) is 5.69. The molecule has 1 amide bonds. The van der Waals surface area contributed by atoms with Gasteiger partial charge in [-0.2, -0.15) is 0 Å². The molecule has 1 atom stereocenters. The maximum Gasteiger partial charge on any atom is 0.230 e. The van der Waals surface area contributed by atoms with E-state index < -0.39 is 0 Å². The van der Waals surface area contributed by atoms with Gasteiger partial charge < -0.3 is 14.9 Å². The van der Waals surface area contributed by atoms with Gasteiger partial charge in [0.1, 0.15) is 5.76 Å². The summed E-state index contributed by atoms with van der Waals surface area (Å²) in [6, 6.07) is 7.59. The normalized spacial score (nSPS) is 12.2. The average Bonchev–Trinajstić information content (AvgIpc) is 2.91. The Kier molecular flexibility index (Phi) is 6.87. The van der Waals surface area contributed by atoms with Gasteiger partial charge in [-0.1, -0.05) is 36.3 Å². The van der Waals surface area contributed by atoms with Crippen molar-refractivity contribution < 1.29 is 14.4 Å². The van der Waals surface area contributed by atoms with Crippen LogP contribution in [-0.2, 0) is 17.0 Å². The number of carbonyl (C=O) groups is 1. The molecule has 1 heterocycles. The van der Waals surface area contributed by atoms with E-state index >= 15 is 0 Å². The largest absolute Gasteiger partial charge is 0.394 e. The fourth-order valence-electron chi connectivity index (χ4n) is 2.41. The molecule has 5 nitrogen and oxygen atoms in total. The van der Waals surface area contributed by atoms with Crippen LogP contribution in [0.4, 0.5) is 0 Å². The molecule has 2 N–H and O–H groups in total. The molecule has 6 heteroatoms. The maximum atomic E-state index is 12.1. The summed E-state index contributed by atoms with van der Waals surface area (Å²) in [7, 11) is 0. The van der Waals surface area contributed by atoms with Gasteiger partial charge in [-0.3, -0.25) is 4.79 Å². The van der Waals surface area contributed by atoms with E-state index in [1.807, 2.05) is 38.1 Å². The van der Waals surface area contributed by atoms with Gasteiger partial charge in [0.05, 0.1) is 24.1 Å². The van der Waals surface area contributed by atoms with Gasteiger partial charge in [-0.25, -0.2) is 0 Å². The van der Waals surface area contributed by atoms with Crippen LogP contribution in [0.1, 0.15) is 41.1 Å². The van der Waals surface area contributed by atoms with Crippen LogP contribution in [0.5, 0.6) is 0 Å². The first kappa shape index (κ1) is 18.5. The Morgan fingerprint density at radius 2 is 2.04 bits per heavy atom. The van der Waals surface area contributed by atoms with E-state index in [0.29, 0.717) is 11.5 Å². The highest BCUT2D eigenvalue weighted by molar-refractivity contribution is 7.99. The molecule has 0 fully saturated rings. The molecule has 1 aromatic carbocycles. The molecule has 1 aromatic heterocycles. The highest BCUT2D eigenvalue weighted by Crippen LogP contribution is 2.20. The Balaban J connectivity index is 1.85. The molecule has 130 valence electrons. The number of nitrogens with zero attached hydrogens (tertiary/aromatic N) is 1. The third-order valence-electron chi connectivity index (χ3n) is 3.97. The number of thioether (sulfide) groups is 1. The number of amides is 1. The number of aromatic nitrogens is 1. The molecule has 0 bridgehead atoms. The summed E-state index contributed by atoms with van der Waals surface area (Å²) in [6.07, 6.45) is 0.967. The lowest BCUT2D eigenvalue weighted by molar-refractivity contribution is -0.119. The van der Waals surface area contributed by atoms with E-state index in [-0.39, 0.29) is 18.6 Å². The van der Waals surface area contributed by atoms with Crippen molar-refractivity contribution in [2.75, 3.05) is 12.4 Å². The lowest BCUT2D eigenvalue weighted by Gasteiger charge is -2.17. The van der Waals surface area contributed by atoms with E-state index in [4.69, 9.17) is 4.52 Å². The van der Waals surface area contributed by atoms with Crippen molar-refractivity contribution in [3.05, 3.63) is 52.4 Å². The van der Waals surface area contributed by atoms with Crippen LogP contribution in [0.3, 0.4) is 0 Å². The SMILES string of the molecule is CCc1ccc(C(CO)NC(=O)CSCc2c(C)noc2C)cc1. The van der Waals surface area contributed by atoms with Gasteiger partial charge in [0.15, 0.2) is 0 Å². The first-order valence-corrected chi connectivity index (χ1v) is 9.19. The molecule has 0 saturated carbocycles. The average molecular weight is 348 g/mol. The van der Waals surface area contributed by atoms with Crippen molar-refractivity contribution in [1.82, 2.24) is 10.5 Å². The molecule has 0 saturated heterocycles. The van der Waals surface area contributed by atoms with Gasteiger partial charge in [-0.05, 0) is 31.4 Å². The molecule has 0 aliphatic carbocycles. The molecule has 24 heavy (non-hydrogen) atoms. The van der Waals surface area contributed by atoms with E-state index in [2.05, 4.69) is 17.4 Å². The van der Waals surface area contributed by atoms with Crippen LogP contribution in [0.2, 0.25) is 0 Å². The molecule has 1 unspecified atom stereocenters. The molecule has 0 radical (unpaired) electrons. The summed E-state index contributed by atoms with van der Waals surface area (Å²) < 4.78 is 5.11. The summed E-state index contributed by atoms with van der Waals surface area (Å²) in [6.45, 7) is 5.74. The third kappa shape index (κ3) is 4.85. The standard InChI is InChI=1S/C18H24N2O3S/c1-4-14-5-7-15(8-6-14)17(9-21)19-18(22)11-24-10-16-12(2)20-23-13(16)3/h5-8,17,21H,4,9-11H2,1-3H3,(H,19,22). The highest BCUT2D eigenvalue weighted by Gasteiger charge is 2.15. The van der Waals surface area contributed by atoms with E-state index in [0.717, 1.165) is 29.0 Å². The molecule has 0 aliphatic heterocycles. The third-order valence-corrected chi connectivity index (χ3v) is 4.93. The molecular formula is C18H24N2O3S. The number of benzene rings is 1. The van der Waals surface area contributed by atoms with Crippen LogP contribution < -0.4 is 5.32 Å². The second-order valence-corrected chi connectivity index (χ2v) is 6.68. The topological polar surface area (TPSA) is 75.4 Å². The Labute approximate surface area is 146 Å². The zero-order valence-electron chi connectivity index (χ0n) is 14.3. The number of hydrogen-bond acceptors (Lipinski definition) is 5. The van der Waals surface area contributed by atoms with Crippen molar-refractivity contribution >= 4 is 17.7 Å². The minimum absolute atomic E-state index is 0.0922. The predicted octanol–water partition coefficient (Wildman–Crippen LogP) is 2.94. The Bertz CT molecular complexity index is 648. The van der Waals surface area contributed by atoms with Gasteiger partial charge in [-0.15, -0.1) is 11.8 Å². The number of rotatable bonds is 8. The summed E-state index contributed by atoms with van der Waals surface area (Å²) in [4.78, 5) is 12.1. The zero-order chi connectivity index (χ0) is 17.5. The summed E-state index contributed by atoms with van der Waals surface area (Å²) >= 11 is 1.51. The smallest absolute Gasteiger partial charge is 0.230 e. The number of hydrogen-bond donors (Lipinski definition) is 2. The van der Waals surface area contributed by atoms with Crippen LogP contribution in [0.25, 0.3) is 0 Å². The molecule has 0 aliphatic rings. The fraction of sp³-hybridized carbons (Fsp3) is 0.444. The van der Waals surface area contributed by atoms with Crippen LogP contribution in [0.15, 0.2) is 28.8 Å². The predicted molar refractivity (Wildman–Crippen MR) is 95.9 cm³/mol. The van der Waals surface area contributed by atoms with Crippen molar-refractivity contribution in [3.63, 3.8) is 0 Å². The monoisotopic (exact) mass is 348 g/mol. The van der Waals surface area contributed by atoms with Crippen molar-refractivity contribution in [1.29, 1.82) is 0 Å². The Morgan fingerprint density at radius 1 is 1.33 bits per heavy atom. The molecule has 2 aromatic rings. The number of nitrogens with one attached hydrogen (secondary N) is 1. The van der Waals surface area contributed by atoms with Crippen LogP contribution in [-0.4, -0.2) is 28.5 Å². The minimum atomic E-state index is -0.372. The van der Waals surface area contributed by atoms with E-state index in [1.54, 1.807) is 0 Å². The second kappa shape index (κ2) is 8.89. The fourth-order valence-corrected chi connectivity index (χ4v) is 3.40. The van der Waals surface area contributed by atoms with Crippen molar-refractivity contribution in [2.24, 2.45) is 0 Å². The highest BCUT2D eigenvalue weighted by atomic mass is 32.2. The van der Waals surface area contributed by atoms with Crippen LogP contribution in [0, 0.1) is 13.8 Å². The zero-order valence-corrected chi connectivity index (χ0v) is 15.2. The first-order chi connectivity index (χ1) is 11.5.